The van der Waals surface area contributed by atoms with E-state index in [1.165, 1.54) is 70.6 Å². The van der Waals surface area contributed by atoms with Crippen LogP contribution >= 0.6 is 7.82 Å². The Morgan fingerprint density at radius 1 is 0.685 bits per heavy atom. The molecule has 0 rings (SSSR count). The van der Waals surface area contributed by atoms with Gasteiger partial charge in [-0.05, 0) is 44.9 Å². The van der Waals surface area contributed by atoms with Gasteiger partial charge >= 0.3 is 11.9 Å². The van der Waals surface area contributed by atoms with Crippen LogP contribution in [0.15, 0.2) is 48.6 Å². The molecule has 0 aromatic heterocycles. The van der Waals surface area contributed by atoms with Crippen molar-refractivity contribution in [3.8, 4) is 0 Å². The highest BCUT2D eigenvalue weighted by molar-refractivity contribution is 7.45. The molecule has 0 aliphatic rings. The lowest BCUT2D eigenvalue weighted by Crippen LogP contribution is -2.37. The van der Waals surface area contributed by atoms with Gasteiger partial charge in [0.2, 0.25) is 0 Å². The second kappa shape index (κ2) is 35.4. The summed E-state index contributed by atoms with van der Waals surface area (Å²) < 4.78 is 33.7. The van der Waals surface area contributed by atoms with Gasteiger partial charge < -0.3 is 33.0 Å². The molecule has 0 aliphatic carbocycles. The monoisotopic (exact) mass is 784 g/mol. The van der Waals surface area contributed by atoms with E-state index in [2.05, 4.69) is 32.1 Å². The summed E-state index contributed by atoms with van der Waals surface area (Å²) in [6.07, 6.45) is 36.0. The van der Waals surface area contributed by atoms with E-state index in [4.69, 9.17) is 18.5 Å². The topological polar surface area (TPSA) is 131 Å². The van der Waals surface area contributed by atoms with Crippen molar-refractivity contribution < 1.29 is 47.2 Å². The summed E-state index contributed by atoms with van der Waals surface area (Å²) in [5, 5.41) is 10.1. The number of nitrogens with zero attached hydrogens (tertiary/aromatic N) is 1. The molecule has 3 atom stereocenters. The van der Waals surface area contributed by atoms with Crippen LogP contribution < -0.4 is 4.89 Å². The minimum atomic E-state index is -4.65. The van der Waals surface area contributed by atoms with E-state index < -0.39 is 38.6 Å². The van der Waals surface area contributed by atoms with Crippen LogP contribution in [0.1, 0.15) is 155 Å². The summed E-state index contributed by atoms with van der Waals surface area (Å²) in [5.74, 6) is -0.966. The number of carbonyl (C=O) groups is 2. The van der Waals surface area contributed by atoms with Crippen LogP contribution in [0.2, 0.25) is 0 Å². The fourth-order valence-corrected chi connectivity index (χ4v) is 6.04. The number of phosphoric ester groups is 1. The number of aliphatic hydroxyl groups is 1. The Kier molecular flexibility index (Phi) is 34.0. The van der Waals surface area contributed by atoms with Crippen molar-refractivity contribution in [3.05, 3.63) is 48.6 Å². The highest BCUT2D eigenvalue weighted by Crippen LogP contribution is 2.38. The predicted octanol–water partition coefficient (Wildman–Crippen LogP) is 9.86. The maximum absolute atomic E-state index is 12.6. The number of aliphatic hydroxyl groups excluding tert-OH is 1. The molecule has 0 aromatic rings. The third-order valence-corrected chi connectivity index (χ3v) is 9.65. The lowest BCUT2D eigenvalue weighted by Gasteiger charge is -2.28. The number of likely N-dealkylation sites (N-methyl/N-ethyl adjacent to an activating group) is 1. The Hall–Kier alpha value is -2.07. The maximum atomic E-state index is 12.6. The third-order valence-electron chi connectivity index (χ3n) is 8.68. The summed E-state index contributed by atoms with van der Waals surface area (Å²) in [4.78, 5) is 37.4. The van der Waals surface area contributed by atoms with Gasteiger partial charge in [0.05, 0.1) is 33.9 Å². The zero-order valence-corrected chi connectivity index (χ0v) is 35.7. The van der Waals surface area contributed by atoms with Gasteiger partial charge in [-0.3, -0.25) is 14.2 Å². The zero-order chi connectivity index (χ0) is 40.2. The molecule has 0 fully saturated rings. The van der Waals surface area contributed by atoms with E-state index in [0.717, 1.165) is 32.1 Å². The van der Waals surface area contributed by atoms with Crippen molar-refractivity contribution in [2.75, 3.05) is 47.5 Å². The molecular weight excluding hydrogens is 705 g/mol. The van der Waals surface area contributed by atoms with Crippen molar-refractivity contribution in [1.82, 2.24) is 0 Å². The molecule has 10 nitrogen and oxygen atoms in total. The van der Waals surface area contributed by atoms with Crippen LogP contribution in [0.4, 0.5) is 0 Å². The maximum Gasteiger partial charge on any atom is 0.306 e. The summed E-state index contributed by atoms with van der Waals surface area (Å²) in [6, 6.07) is 0. The SMILES string of the molecule is CCCCC/C=C\C/C=C\CC(O)/C=C\C=C\CCCC(=O)OC[C@H](COP(=O)([O-])OCC[N+](C)(C)C)OC(=O)CCCCCCCCCCCCCC. The number of quaternary nitrogens is 1. The number of hydrogen-bond acceptors (Lipinski definition) is 9. The fraction of sp³-hybridized carbons (Fsp3) is 0.767. The van der Waals surface area contributed by atoms with Crippen LogP contribution in [0.3, 0.4) is 0 Å². The quantitative estimate of drug-likeness (QED) is 0.0163. The number of ether oxygens (including phenoxy) is 2. The number of phosphoric acid groups is 1. The predicted molar refractivity (Wildman–Crippen MR) is 219 cm³/mol. The van der Waals surface area contributed by atoms with E-state index in [1.807, 2.05) is 39.4 Å². The molecule has 54 heavy (non-hydrogen) atoms. The smallest absolute Gasteiger partial charge is 0.306 e. The van der Waals surface area contributed by atoms with Gasteiger partial charge in [0.1, 0.15) is 19.8 Å². The van der Waals surface area contributed by atoms with Gasteiger partial charge in [0.25, 0.3) is 7.82 Å². The summed E-state index contributed by atoms with van der Waals surface area (Å²) in [6.45, 7) is 4.01. The van der Waals surface area contributed by atoms with E-state index in [-0.39, 0.29) is 26.1 Å². The second-order valence-electron chi connectivity index (χ2n) is 15.2. The van der Waals surface area contributed by atoms with Crippen molar-refractivity contribution >= 4 is 19.8 Å². The summed E-state index contributed by atoms with van der Waals surface area (Å²) in [5.41, 5.74) is 0. The molecule has 0 saturated carbocycles. The number of esters is 2. The molecular formula is C43H78NO9P. The first-order valence-electron chi connectivity index (χ1n) is 21.0. The molecule has 0 spiro atoms. The molecule has 0 saturated heterocycles. The van der Waals surface area contributed by atoms with E-state index in [1.54, 1.807) is 12.2 Å². The van der Waals surface area contributed by atoms with Crippen LogP contribution in [-0.2, 0) is 32.7 Å². The molecule has 1 N–H and O–H groups in total. The highest BCUT2D eigenvalue weighted by Gasteiger charge is 2.21. The van der Waals surface area contributed by atoms with Gasteiger partial charge in [-0.2, -0.15) is 0 Å². The van der Waals surface area contributed by atoms with E-state index >= 15 is 0 Å². The van der Waals surface area contributed by atoms with Crippen molar-refractivity contribution in [2.45, 2.75) is 167 Å². The first kappa shape index (κ1) is 51.9. The van der Waals surface area contributed by atoms with Gasteiger partial charge in [-0.1, -0.05) is 146 Å². The minimum absolute atomic E-state index is 0.0534. The molecule has 314 valence electrons. The Morgan fingerprint density at radius 3 is 1.91 bits per heavy atom. The van der Waals surface area contributed by atoms with Crippen LogP contribution in [0.25, 0.3) is 0 Å². The van der Waals surface area contributed by atoms with Crippen LogP contribution in [-0.4, -0.2) is 81.2 Å². The zero-order valence-electron chi connectivity index (χ0n) is 34.8. The number of carbonyl (C=O) groups excluding carboxylic acids is 2. The Morgan fingerprint density at radius 2 is 1.26 bits per heavy atom. The van der Waals surface area contributed by atoms with Gasteiger partial charge in [0.15, 0.2) is 6.10 Å². The van der Waals surface area contributed by atoms with Crippen molar-refractivity contribution in [3.63, 3.8) is 0 Å². The molecule has 2 unspecified atom stereocenters. The molecule has 0 radical (unpaired) electrons. The molecule has 0 bridgehead atoms. The van der Waals surface area contributed by atoms with Crippen LogP contribution in [0, 0.1) is 0 Å². The number of unbranched alkanes of at least 4 members (excludes halogenated alkanes) is 15. The molecule has 0 amide bonds. The molecule has 0 aliphatic heterocycles. The molecule has 11 heteroatoms. The number of allylic oxidation sites excluding steroid dienone is 6. The second-order valence-corrected chi connectivity index (χ2v) is 16.6. The Bertz CT molecular complexity index is 1080. The first-order valence-corrected chi connectivity index (χ1v) is 22.4. The van der Waals surface area contributed by atoms with Crippen LogP contribution in [0.5, 0.6) is 0 Å². The molecule has 0 aromatic carbocycles. The van der Waals surface area contributed by atoms with E-state index in [0.29, 0.717) is 36.7 Å². The van der Waals surface area contributed by atoms with Gasteiger partial charge in [-0.25, -0.2) is 0 Å². The van der Waals surface area contributed by atoms with Gasteiger partial charge in [-0.15, -0.1) is 0 Å². The third kappa shape index (κ3) is 38.2. The largest absolute Gasteiger partial charge is 0.756 e. The Balaban J connectivity index is 4.57. The fourth-order valence-electron chi connectivity index (χ4n) is 5.31. The first-order chi connectivity index (χ1) is 25.9. The Labute approximate surface area is 329 Å². The standard InChI is InChI=1S/C43H78NO9P/c1-6-8-10-12-14-16-17-18-20-22-26-31-35-43(47)53-41(39-52-54(48,49)51-37-36-44(3,4)5)38-50-42(46)34-30-27-23-25-29-33-40(45)32-28-24-21-19-15-13-11-9-7-2/h15,19,23-25,28-29,33,40-41,45H,6-14,16-18,20-22,26-27,30-32,34-39H2,1-5H3/b19-15-,25-23+,28-24-,33-29-/t40?,41-/m1/s1. The lowest BCUT2D eigenvalue weighted by atomic mass is 10.0. The summed E-state index contributed by atoms with van der Waals surface area (Å²) >= 11 is 0. The summed E-state index contributed by atoms with van der Waals surface area (Å²) in [7, 11) is 1.09. The number of rotatable bonds is 37. The van der Waals surface area contributed by atoms with Crippen molar-refractivity contribution in [2.24, 2.45) is 0 Å². The van der Waals surface area contributed by atoms with Gasteiger partial charge in [0, 0.05) is 12.8 Å². The lowest BCUT2D eigenvalue weighted by molar-refractivity contribution is -0.870. The average Bonchev–Trinajstić information content (AvgIpc) is 3.11. The minimum Gasteiger partial charge on any atom is -0.756 e. The normalized spacial score (nSPS) is 14.7. The highest BCUT2D eigenvalue weighted by atomic mass is 31.2. The number of hydrogen-bond donors (Lipinski definition) is 1. The average molecular weight is 784 g/mol. The van der Waals surface area contributed by atoms with Crippen molar-refractivity contribution in [1.29, 1.82) is 0 Å². The van der Waals surface area contributed by atoms with E-state index in [9.17, 15) is 24.2 Å². The molecule has 0 heterocycles.